The topological polar surface area (TPSA) is 46.9 Å². The predicted octanol–water partition coefficient (Wildman–Crippen LogP) is 4.28. The van der Waals surface area contributed by atoms with E-state index in [0.29, 0.717) is 15.7 Å². The SMILES string of the molecule is O=C(NC1CCCCC1)c1cc(C2=CC=C[SeH2]2)n(-c2ccc(Cl)cc2Cl)n1. The Bertz CT molecular complexity index is 929. The van der Waals surface area contributed by atoms with E-state index in [1.807, 2.05) is 12.1 Å². The number of carbonyl (C=O) groups excluding carboxylic acids is 1. The fraction of sp³-hybridized carbons (Fsp3) is 0.300. The first-order valence-corrected chi connectivity index (χ1v) is 12.1. The van der Waals surface area contributed by atoms with E-state index in [4.69, 9.17) is 23.2 Å². The summed E-state index contributed by atoms with van der Waals surface area (Å²) in [5, 5.41) is 8.84. The van der Waals surface area contributed by atoms with Crippen molar-refractivity contribution in [2.45, 2.75) is 38.1 Å². The van der Waals surface area contributed by atoms with Crippen molar-refractivity contribution < 1.29 is 4.79 Å². The van der Waals surface area contributed by atoms with E-state index < -0.39 is 0 Å². The Kier molecular flexibility index (Phi) is 5.74. The van der Waals surface area contributed by atoms with Crippen LogP contribution in [0.25, 0.3) is 10.2 Å². The van der Waals surface area contributed by atoms with Gasteiger partial charge in [0.05, 0.1) is 0 Å². The summed E-state index contributed by atoms with van der Waals surface area (Å²) in [5.74, 6) is -0.112. The monoisotopic (exact) mass is 469 g/mol. The van der Waals surface area contributed by atoms with Gasteiger partial charge in [0.1, 0.15) is 0 Å². The van der Waals surface area contributed by atoms with Crippen LogP contribution in [0.15, 0.2) is 41.4 Å². The van der Waals surface area contributed by atoms with Crippen LogP contribution in [0, 0.1) is 0 Å². The van der Waals surface area contributed by atoms with E-state index in [-0.39, 0.29) is 26.9 Å². The third kappa shape index (κ3) is 4.17. The van der Waals surface area contributed by atoms with Gasteiger partial charge < -0.3 is 0 Å². The number of nitrogens with zero attached hydrogens (tertiary/aromatic N) is 2. The summed E-state index contributed by atoms with van der Waals surface area (Å²) >= 11 is 12.1. The molecule has 27 heavy (non-hydrogen) atoms. The van der Waals surface area contributed by atoms with Gasteiger partial charge >= 0.3 is 175 Å². The van der Waals surface area contributed by atoms with Crippen molar-refractivity contribution in [1.82, 2.24) is 15.1 Å². The van der Waals surface area contributed by atoms with Gasteiger partial charge in [0.25, 0.3) is 0 Å². The molecule has 1 aromatic heterocycles. The zero-order valence-electron chi connectivity index (χ0n) is 14.7. The molecule has 1 aliphatic carbocycles. The van der Waals surface area contributed by atoms with Gasteiger partial charge in [0, 0.05) is 0 Å². The van der Waals surface area contributed by atoms with Crippen LogP contribution in [-0.2, 0) is 0 Å². The van der Waals surface area contributed by atoms with Crippen LogP contribution in [0.4, 0.5) is 0 Å². The Morgan fingerprint density at radius 3 is 2.70 bits per heavy atom. The van der Waals surface area contributed by atoms with Gasteiger partial charge in [-0.15, -0.1) is 0 Å². The molecule has 7 heteroatoms. The molecule has 4 rings (SSSR count). The van der Waals surface area contributed by atoms with E-state index in [0.717, 1.165) is 24.2 Å². The minimum absolute atomic E-state index is 0.112. The number of allylic oxidation sites excluding steroid dienone is 2. The summed E-state index contributed by atoms with van der Waals surface area (Å²) in [5.41, 5.74) is 2.09. The molecule has 0 unspecified atom stereocenters. The first kappa shape index (κ1) is 18.8. The van der Waals surface area contributed by atoms with Crippen LogP contribution in [0.1, 0.15) is 48.3 Å². The number of hydrogen-bond donors (Lipinski definition) is 1. The molecule has 0 spiro atoms. The summed E-state index contributed by atoms with van der Waals surface area (Å²) in [7, 11) is 0. The van der Waals surface area contributed by atoms with E-state index in [1.165, 1.54) is 23.7 Å². The van der Waals surface area contributed by atoms with Crippen LogP contribution in [-0.4, -0.2) is 36.7 Å². The van der Waals surface area contributed by atoms with Crippen molar-refractivity contribution in [2.75, 3.05) is 0 Å². The van der Waals surface area contributed by atoms with Gasteiger partial charge in [-0.1, -0.05) is 0 Å². The number of aromatic nitrogens is 2. The van der Waals surface area contributed by atoms with Gasteiger partial charge in [0.15, 0.2) is 0 Å². The van der Waals surface area contributed by atoms with Gasteiger partial charge in [-0.3, -0.25) is 0 Å². The van der Waals surface area contributed by atoms with Gasteiger partial charge in [-0.2, -0.15) is 0 Å². The molecule has 4 nitrogen and oxygen atoms in total. The third-order valence-electron chi connectivity index (χ3n) is 4.89. The van der Waals surface area contributed by atoms with Crippen molar-refractivity contribution in [3.63, 3.8) is 0 Å². The fourth-order valence-corrected chi connectivity index (χ4v) is 5.87. The Hall–Kier alpha value is -1.52. The van der Waals surface area contributed by atoms with Crippen LogP contribution in [0.3, 0.4) is 0 Å². The maximum absolute atomic E-state index is 12.8. The zero-order chi connectivity index (χ0) is 18.8. The van der Waals surface area contributed by atoms with Crippen LogP contribution < -0.4 is 5.32 Å². The first-order valence-electron chi connectivity index (χ1n) is 9.12. The van der Waals surface area contributed by atoms with Crippen molar-refractivity contribution in [1.29, 1.82) is 0 Å². The molecule has 1 saturated carbocycles. The van der Waals surface area contributed by atoms with Crippen LogP contribution in [0.5, 0.6) is 0 Å². The molecule has 1 amide bonds. The Labute approximate surface area is 174 Å². The molecule has 1 aliphatic heterocycles. The molecule has 0 bridgehead atoms. The first-order chi connectivity index (χ1) is 13.1. The zero-order valence-corrected chi connectivity index (χ0v) is 18.3. The molecule has 1 fully saturated rings. The fourth-order valence-electron chi connectivity index (χ4n) is 3.52. The standard InChI is InChI=1S/C20H21Cl2N3OSe/c21-13-8-9-17(15(22)11-13)25-18(19-7-4-10-27-19)12-16(24-25)20(26)23-14-5-2-1-3-6-14/h4,7-12,14H,1-3,5-6,27H2,(H,23,26). The van der Waals surface area contributed by atoms with E-state index in [1.54, 1.807) is 16.8 Å². The second-order valence-corrected chi connectivity index (χ2v) is 10.1. The van der Waals surface area contributed by atoms with E-state index in [2.05, 4.69) is 27.5 Å². The summed E-state index contributed by atoms with van der Waals surface area (Å²) in [6.07, 6.45) is 9.86. The molecule has 1 N–H and O–H groups in total. The number of hydrogen-bond acceptors (Lipinski definition) is 2. The Balaban J connectivity index is 1.68. The van der Waals surface area contributed by atoms with Gasteiger partial charge in [-0.25, -0.2) is 0 Å². The molecule has 142 valence electrons. The number of halogens is 2. The van der Waals surface area contributed by atoms with Crippen molar-refractivity contribution >= 4 is 48.5 Å². The molecular formula is C20H21Cl2N3OSe. The number of nitrogens with one attached hydrogen (secondary N) is 1. The van der Waals surface area contributed by atoms with E-state index >= 15 is 0 Å². The summed E-state index contributed by atoms with van der Waals surface area (Å²) < 4.78 is 3.00. The minimum atomic E-state index is -0.374. The second kappa shape index (κ2) is 8.24. The van der Waals surface area contributed by atoms with Gasteiger partial charge in [-0.05, 0) is 0 Å². The van der Waals surface area contributed by atoms with Gasteiger partial charge in [0.2, 0.25) is 0 Å². The number of benzene rings is 1. The van der Waals surface area contributed by atoms with Crippen LogP contribution >= 0.6 is 23.2 Å². The van der Waals surface area contributed by atoms with E-state index in [9.17, 15) is 4.79 Å². The quantitative estimate of drug-likeness (QED) is 0.680. The van der Waals surface area contributed by atoms with Crippen molar-refractivity contribution in [2.24, 2.45) is 0 Å². The maximum atomic E-state index is 12.8. The average molecular weight is 469 g/mol. The number of rotatable bonds is 4. The number of carbonyl (C=O) groups is 1. The Morgan fingerprint density at radius 2 is 2.00 bits per heavy atom. The Morgan fingerprint density at radius 1 is 1.19 bits per heavy atom. The molecule has 0 atom stereocenters. The summed E-state index contributed by atoms with van der Waals surface area (Å²) in [6.45, 7) is 0. The van der Waals surface area contributed by atoms with Crippen molar-refractivity contribution in [3.8, 4) is 5.69 Å². The summed E-state index contributed by atoms with van der Waals surface area (Å²) in [4.78, 5) is 15.0. The second-order valence-electron chi connectivity index (χ2n) is 6.81. The molecule has 2 heterocycles. The summed E-state index contributed by atoms with van der Waals surface area (Å²) in [6, 6.07) is 7.45. The average Bonchev–Trinajstić information content (AvgIpc) is 3.32. The number of amides is 1. The molecular weight excluding hydrogens is 448 g/mol. The van der Waals surface area contributed by atoms with Crippen LogP contribution in [0.2, 0.25) is 10.0 Å². The molecule has 1 aromatic carbocycles. The predicted molar refractivity (Wildman–Crippen MR) is 114 cm³/mol. The molecule has 0 radical (unpaired) electrons. The van der Waals surface area contributed by atoms with Crippen molar-refractivity contribution in [3.05, 3.63) is 62.8 Å². The third-order valence-corrected chi connectivity index (χ3v) is 7.73. The molecule has 2 aliphatic rings. The molecule has 2 aromatic rings. The normalized spacial score (nSPS) is 18.7. The molecule has 0 saturated heterocycles.